The topological polar surface area (TPSA) is 24.9 Å². The Labute approximate surface area is 115 Å². The predicted molar refractivity (Wildman–Crippen MR) is 79.2 cm³/mol. The summed E-state index contributed by atoms with van der Waals surface area (Å²) in [5, 5.41) is 4.90. The van der Waals surface area contributed by atoms with Gasteiger partial charge in [0.2, 0.25) is 0 Å². The van der Waals surface area contributed by atoms with Crippen molar-refractivity contribution in [1.29, 1.82) is 0 Å². The Morgan fingerprint density at radius 2 is 1.94 bits per heavy atom. The summed E-state index contributed by atoms with van der Waals surface area (Å²) in [6.07, 6.45) is 3.83. The van der Waals surface area contributed by atoms with Gasteiger partial charge in [-0.25, -0.2) is 4.98 Å². The highest BCUT2D eigenvalue weighted by Crippen LogP contribution is 2.42. The van der Waals surface area contributed by atoms with E-state index in [1.54, 1.807) is 0 Å². The third-order valence-electron chi connectivity index (χ3n) is 3.16. The first-order valence-corrected chi connectivity index (χ1v) is 8.07. The molecule has 0 bridgehead atoms. The van der Waals surface area contributed by atoms with Crippen LogP contribution in [0, 0.1) is 11.8 Å². The second kappa shape index (κ2) is 6.16. The van der Waals surface area contributed by atoms with Gasteiger partial charge >= 0.3 is 0 Å². The number of nitrogens with zero attached hydrogens (tertiary/aromatic N) is 1. The zero-order chi connectivity index (χ0) is 13.1. The fourth-order valence-corrected chi connectivity index (χ4v) is 3.46. The van der Waals surface area contributed by atoms with Crippen LogP contribution in [-0.2, 0) is 13.0 Å². The van der Waals surface area contributed by atoms with Crippen LogP contribution in [-0.4, -0.2) is 11.5 Å². The van der Waals surface area contributed by atoms with Crippen LogP contribution < -0.4 is 5.32 Å². The lowest BCUT2D eigenvalue weighted by Crippen LogP contribution is -2.18. The maximum Gasteiger partial charge on any atom is 0.0934 e. The Balaban J connectivity index is 1.99. The molecule has 2 rings (SSSR count). The van der Waals surface area contributed by atoms with Crippen molar-refractivity contribution in [1.82, 2.24) is 10.3 Å². The van der Waals surface area contributed by atoms with Gasteiger partial charge in [0.1, 0.15) is 0 Å². The second-order valence-corrected chi connectivity index (χ2v) is 7.48. The standard InChI is InChI=1S/C15H26N2S/c1-10(2)7-14-17-15(12-5-6-12)13(18-14)9-16-8-11(3)4/h10-12,16H,5-9H2,1-4H3. The molecule has 1 heterocycles. The van der Waals surface area contributed by atoms with E-state index < -0.39 is 0 Å². The summed E-state index contributed by atoms with van der Waals surface area (Å²) < 4.78 is 0. The van der Waals surface area contributed by atoms with Crippen molar-refractivity contribution < 1.29 is 0 Å². The summed E-state index contributed by atoms with van der Waals surface area (Å²) in [6.45, 7) is 11.2. The highest BCUT2D eigenvalue weighted by Gasteiger charge is 2.29. The lowest BCUT2D eigenvalue weighted by Gasteiger charge is -2.06. The minimum absolute atomic E-state index is 0.708. The van der Waals surface area contributed by atoms with E-state index in [1.165, 1.54) is 28.4 Å². The second-order valence-electron chi connectivity index (χ2n) is 6.31. The molecule has 18 heavy (non-hydrogen) atoms. The van der Waals surface area contributed by atoms with Gasteiger partial charge < -0.3 is 5.32 Å². The van der Waals surface area contributed by atoms with Crippen LogP contribution in [0.1, 0.15) is 62.0 Å². The van der Waals surface area contributed by atoms with Crippen LogP contribution in [0.5, 0.6) is 0 Å². The number of aromatic nitrogens is 1. The number of thiazole rings is 1. The largest absolute Gasteiger partial charge is 0.312 e. The van der Waals surface area contributed by atoms with Crippen molar-refractivity contribution >= 4 is 11.3 Å². The van der Waals surface area contributed by atoms with Crippen LogP contribution in [0.15, 0.2) is 0 Å². The van der Waals surface area contributed by atoms with Gasteiger partial charge in [-0.1, -0.05) is 27.7 Å². The Morgan fingerprint density at radius 3 is 2.50 bits per heavy atom. The zero-order valence-corrected chi connectivity index (χ0v) is 12.9. The van der Waals surface area contributed by atoms with Gasteiger partial charge in [-0.05, 0) is 31.2 Å². The van der Waals surface area contributed by atoms with Crippen molar-refractivity contribution in [3.05, 3.63) is 15.6 Å². The van der Waals surface area contributed by atoms with Crippen LogP contribution in [0.25, 0.3) is 0 Å². The molecule has 1 saturated carbocycles. The lowest BCUT2D eigenvalue weighted by atomic mass is 10.1. The zero-order valence-electron chi connectivity index (χ0n) is 12.1. The number of rotatable bonds is 7. The monoisotopic (exact) mass is 266 g/mol. The van der Waals surface area contributed by atoms with Gasteiger partial charge in [0.05, 0.1) is 10.7 Å². The molecule has 0 amide bonds. The van der Waals surface area contributed by atoms with E-state index >= 15 is 0 Å². The number of nitrogens with one attached hydrogen (secondary N) is 1. The average molecular weight is 266 g/mol. The van der Waals surface area contributed by atoms with E-state index in [9.17, 15) is 0 Å². The molecular weight excluding hydrogens is 240 g/mol. The van der Waals surface area contributed by atoms with E-state index in [0.29, 0.717) is 5.92 Å². The Kier molecular flexibility index (Phi) is 4.79. The Hall–Kier alpha value is -0.410. The normalized spacial score (nSPS) is 15.9. The van der Waals surface area contributed by atoms with Crippen molar-refractivity contribution in [2.24, 2.45) is 11.8 Å². The average Bonchev–Trinajstić information content (AvgIpc) is 3.02. The Morgan fingerprint density at radius 1 is 1.22 bits per heavy atom. The van der Waals surface area contributed by atoms with E-state index in [1.807, 2.05) is 11.3 Å². The van der Waals surface area contributed by atoms with E-state index in [-0.39, 0.29) is 0 Å². The number of hydrogen-bond acceptors (Lipinski definition) is 3. The van der Waals surface area contributed by atoms with Gasteiger partial charge in [0.25, 0.3) is 0 Å². The lowest BCUT2D eigenvalue weighted by molar-refractivity contribution is 0.553. The predicted octanol–water partition coefficient (Wildman–Crippen LogP) is 3.96. The van der Waals surface area contributed by atoms with Crippen molar-refractivity contribution in [2.75, 3.05) is 6.54 Å². The van der Waals surface area contributed by atoms with Crippen molar-refractivity contribution in [3.8, 4) is 0 Å². The molecule has 0 radical (unpaired) electrons. The first-order valence-electron chi connectivity index (χ1n) is 7.25. The van der Waals surface area contributed by atoms with Gasteiger partial charge in [-0.3, -0.25) is 0 Å². The quantitative estimate of drug-likeness (QED) is 0.808. The highest BCUT2D eigenvalue weighted by atomic mass is 32.1. The summed E-state index contributed by atoms with van der Waals surface area (Å²) in [5.41, 5.74) is 1.41. The summed E-state index contributed by atoms with van der Waals surface area (Å²) in [7, 11) is 0. The summed E-state index contributed by atoms with van der Waals surface area (Å²) in [4.78, 5) is 6.38. The summed E-state index contributed by atoms with van der Waals surface area (Å²) >= 11 is 1.93. The van der Waals surface area contributed by atoms with Gasteiger partial charge in [-0.15, -0.1) is 11.3 Å². The maximum absolute atomic E-state index is 4.89. The molecule has 0 atom stereocenters. The van der Waals surface area contributed by atoms with Gasteiger partial charge in [-0.2, -0.15) is 0 Å². The van der Waals surface area contributed by atoms with Crippen LogP contribution >= 0.6 is 11.3 Å². The molecule has 0 unspecified atom stereocenters. The van der Waals surface area contributed by atoms with E-state index in [0.717, 1.165) is 31.3 Å². The smallest absolute Gasteiger partial charge is 0.0934 e. The minimum Gasteiger partial charge on any atom is -0.312 e. The molecule has 0 saturated heterocycles. The molecule has 102 valence electrons. The fourth-order valence-electron chi connectivity index (χ4n) is 2.13. The molecule has 0 aliphatic heterocycles. The maximum atomic E-state index is 4.89. The Bertz CT molecular complexity index is 378. The van der Waals surface area contributed by atoms with Gasteiger partial charge in [0.15, 0.2) is 0 Å². The van der Waals surface area contributed by atoms with E-state index in [4.69, 9.17) is 4.98 Å². The molecule has 1 N–H and O–H groups in total. The third-order valence-corrected chi connectivity index (χ3v) is 4.25. The summed E-state index contributed by atoms with van der Waals surface area (Å²) in [6, 6.07) is 0. The minimum atomic E-state index is 0.708. The summed E-state index contributed by atoms with van der Waals surface area (Å²) in [5.74, 6) is 2.20. The molecule has 0 aromatic carbocycles. The molecule has 1 aromatic heterocycles. The molecular formula is C15H26N2S. The molecule has 1 fully saturated rings. The van der Waals surface area contributed by atoms with Gasteiger partial charge in [0, 0.05) is 23.8 Å². The third kappa shape index (κ3) is 4.06. The molecule has 1 aliphatic rings. The van der Waals surface area contributed by atoms with Crippen LogP contribution in [0.3, 0.4) is 0 Å². The van der Waals surface area contributed by atoms with Crippen LogP contribution in [0.2, 0.25) is 0 Å². The highest BCUT2D eigenvalue weighted by molar-refractivity contribution is 7.11. The molecule has 1 aliphatic carbocycles. The van der Waals surface area contributed by atoms with Crippen molar-refractivity contribution in [2.45, 2.75) is 59.4 Å². The molecule has 2 nitrogen and oxygen atoms in total. The van der Waals surface area contributed by atoms with Crippen molar-refractivity contribution in [3.63, 3.8) is 0 Å². The van der Waals surface area contributed by atoms with E-state index in [2.05, 4.69) is 33.0 Å². The number of hydrogen-bond donors (Lipinski definition) is 1. The molecule has 1 aromatic rings. The first kappa shape index (κ1) is 14.0. The SMILES string of the molecule is CC(C)CNCc1sc(CC(C)C)nc1C1CC1. The first-order chi connectivity index (χ1) is 8.56. The fraction of sp³-hybridized carbons (Fsp3) is 0.800. The molecule has 3 heteroatoms. The van der Waals surface area contributed by atoms with Crippen LogP contribution in [0.4, 0.5) is 0 Å². The molecule has 0 spiro atoms.